The van der Waals surface area contributed by atoms with Gasteiger partial charge in [0.1, 0.15) is 18.1 Å². The van der Waals surface area contributed by atoms with Gasteiger partial charge in [0.25, 0.3) is 0 Å². The molecule has 0 spiro atoms. The fourth-order valence-electron chi connectivity index (χ4n) is 1.72. The second-order valence-electron chi connectivity index (χ2n) is 4.12. The minimum Gasteiger partial charge on any atom is -0.497 e. The average molecular weight is 256 g/mol. The zero-order valence-corrected chi connectivity index (χ0v) is 11.1. The van der Waals surface area contributed by atoms with Crippen molar-refractivity contribution in [2.75, 3.05) is 20.3 Å². The number of benzene rings is 2. The Morgan fingerprint density at radius 3 is 2.84 bits per heavy atom. The molecule has 19 heavy (non-hydrogen) atoms. The van der Waals surface area contributed by atoms with E-state index in [1.807, 2.05) is 42.5 Å². The van der Waals surface area contributed by atoms with E-state index in [1.54, 1.807) is 7.11 Å². The molecule has 0 aromatic heterocycles. The van der Waals surface area contributed by atoms with Gasteiger partial charge >= 0.3 is 0 Å². The van der Waals surface area contributed by atoms with Gasteiger partial charge in [-0.05, 0) is 35.9 Å². The van der Waals surface area contributed by atoms with Crippen LogP contribution in [0.2, 0.25) is 0 Å². The molecule has 0 bridgehead atoms. The van der Waals surface area contributed by atoms with Gasteiger partial charge in [0.05, 0.1) is 7.11 Å². The minimum atomic E-state index is 0.641. The quantitative estimate of drug-likeness (QED) is 0.773. The van der Waals surface area contributed by atoms with Gasteiger partial charge in [0.2, 0.25) is 0 Å². The van der Waals surface area contributed by atoms with Gasteiger partial charge in [0.15, 0.2) is 0 Å². The van der Waals surface area contributed by atoms with Crippen LogP contribution in [0.25, 0.3) is 0 Å². The van der Waals surface area contributed by atoms with Crippen molar-refractivity contribution < 1.29 is 9.47 Å². The van der Waals surface area contributed by atoms with Gasteiger partial charge < -0.3 is 14.8 Å². The highest BCUT2D eigenvalue weighted by atomic mass is 16.5. The summed E-state index contributed by atoms with van der Waals surface area (Å²) in [4.78, 5) is 0. The molecule has 0 saturated carbocycles. The zero-order valence-electron chi connectivity index (χ0n) is 11.1. The molecule has 2 aromatic carbocycles. The van der Waals surface area contributed by atoms with E-state index in [0.29, 0.717) is 6.61 Å². The molecule has 0 atom stereocenters. The standard InChI is InChI=1S/C16H18NO2/c1-18-16-9-5-6-14(12-16)13-17-10-11-19-15-7-3-2-4-8-15/h2-3,5-9,12,17H,10-11,13H2,1H3. The lowest BCUT2D eigenvalue weighted by molar-refractivity contribution is 0.313. The lowest BCUT2D eigenvalue weighted by atomic mass is 10.2. The lowest BCUT2D eigenvalue weighted by Gasteiger charge is -2.08. The van der Waals surface area contributed by atoms with Crippen LogP contribution in [0.4, 0.5) is 0 Å². The van der Waals surface area contributed by atoms with Crippen LogP contribution in [-0.2, 0) is 6.54 Å². The van der Waals surface area contributed by atoms with Crippen LogP contribution in [0.1, 0.15) is 5.56 Å². The molecule has 1 N–H and O–H groups in total. The van der Waals surface area contributed by atoms with Crippen molar-refractivity contribution >= 4 is 0 Å². The largest absolute Gasteiger partial charge is 0.497 e. The van der Waals surface area contributed by atoms with E-state index in [2.05, 4.69) is 17.4 Å². The van der Waals surface area contributed by atoms with Crippen molar-refractivity contribution in [1.82, 2.24) is 5.32 Å². The average Bonchev–Trinajstić information content (AvgIpc) is 2.48. The highest BCUT2D eigenvalue weighted by Crippen LogP contribution is 2.12. The molecule has 0 unspecified atom stereocenters. The summed E-state index contributed by atoms with van der Waals surface area (Å²) in [7, 11) is 1.68. The SMILES string of the molecule is COc1cccc(CNCCOc2c[c]ccc2)c1. The normalized spacial score (nSPS) is 10.2. The Labute approximate surface area is 114 Å². The lowest BCUT2D eigenvalue weighted by Crippen LogP contribution is -2.20. The van der Waals surface area contributed by atoms with Crippen LogP contribution in [0.5, 0.6) is 11.5 Å². The highest BCUT2D eigenvalue weighted by Gasteiger charge is 1.96. The molecule has 99 valence electrons. The molecule has 2 aromatic rings. The highest BCUT2D eigenvalue weighted by molar-refractivity contribution is 5.28. The Kier molecular flexibility index (Phi) is 5.26. The van der Waals surface area contributed by atoms with E-state index in [0.717, 1.165) is 24.6 Å². The van der Waals surface area contributed by atoms with E-state index < -0.39 is 0 Å². The fourth-order valence-corrected chi connectivity index (χ4v) is 1.72. The maximum absolute atomic E-state index is 5.57. The van der Waals surface area contributed by atoms with Crippen molar-refractivity contribution in [3.8, 4) is 11.5 Å². The van der Waals surface area contributed by atoms with Gasteiger partial charge in [-0.25, -0.2) is 0 Å². The molecule has 3 nitrogen and oxygen atoms in total. The molecule has 3 heteroatoms. The molecular formula is C16H18NO2. The van der Waals surface area contributed by atoms with Crippen LogP contribution in [0.3, 0.4) is 0 Å². The predicted molar refractivity (Wildman–Crippen MR) is 75.5 cm³/mol. The first-order chi connectivity index (χ1) is 9.38. The number of ether oxygens (including phenoxy) is 2. The number of hydrogen-bond acceptors (Lipinski definition) is 3. The zero-order chi connectivity index (χ0) is 13.3. The summed E-state index contributed by atoms with van der Waals surface area (Å²) in [6, 6.07) is 18.6. The maximum Gasteiger partial charge on any atom is 0.119 e. The van der Waals surface area contributed by atoms with Gasteiger partial charge in [-0.3, -0.25) is 0 Å². The van der Waals surface area contributed by atoms with Gasteiger partial charge in [0, 0.05) is 13.1 Å². The van der Waals surface area contributed by atoms with Crippen LogP contribution < -0.4 is 14.8 Å². The van der Waals surface area contributed by atoms with E-state index >= 15 is 0 Å². The summed E-state index contributed by atoms with van der Waals surface area (Å²) in [6.45, 7) is 2.25. The van der Waals surface area contributed by atoms with Gasteiger partial charge in [-0.1, -0.05) is 24.3 Å². The predicted octanol–water partition coefficient (Wildman–Crippen LogP) is 2.66. The Morgan fingerprint density at radius 2 is 2.05 bits per heavy atom. The monoisotopic (exact) mass is 256 g/mol. The smallest absolute Gasteiger partial charge is 0.119 e. The number of methoxy groups -OCH3 is 1. The molecule has 1 radical (unpaired) electrons. The van der Waals surface area contributed by atoms with Crippen LogP contribution in [-0.4, -0.2) is 20.3 Å². The first kappa shape index (κ1) is 13.4. The maximum atomic E-state index is 5.57. The number of hydrogen-bond donors (Lipinski definition) is 1. The molecular weight excluding hydrogens is 238 g/mol. The van der Waals surface area contributed by atoms with E-state index in [4.69, 9.17) is 9.47 Å². The summed E-state index contributed by atoms with van der Waals surface area (Å²) < 4.78 is 10.8. The van der Waals surface area contributed by atoms with E-state index in [-0.39, 0.29) is 0 Å². The number of nitrogens with one attached hydrogen (secondary N) is 1. The van der Waals surface area contributed by atoms with Crippen molar-refractivity contribution in [1.29, 1.82) is 0 Å². The molecule has 0 saturated heterocycles. The fraction of sp³-hybridized carbons (Fsp3) is 0.250. The summed E-state index contributed by atoms with van der Waals surface area (Å²) in [5.74, 6) is 1.74. The van der Waals surface area contributed by atoms with Gasteiger partial charge in [-0.15, -0.1) is 0 Å². The Morgan fingerprint density at radius 1 is 1.16 bits per heavy atom. The third-order valence-electron chi connectivity index (χ3n) is 2.69. The van der Waals surface area contributed by atoms with Crippen LogP contribution in [0, 0.1) is 6.07 Å². The van der Waals surface area contributed by atoms with Crippen molar-refractivity contribution in [2.24, 2.45) is 0 Å². The molecule has 0 heterocycles. The van der Waals surface area contributed by atoms with Crippen LogP contribution in [0.15, 0.2) is 48.5 Å². The van der Waals surface area contributed by atoms with Gasteiger partial charge in [-0.2, -0.15) is 0 Å². The molecule has 0 aliphatic heterocycles. The third-order valence-corrected chi connectivity index (χ3v) is 2.69. The molecule has 0 aliphatic carbocycles. The first-order valence-electron chi connectivity index (χ1n) is 6.31. The van der Waals surface area contributed by atoms with E-state index in [1.165, 1.54) is 5.56 Å². The summed E-state index contributed by atoms with van der Waals surface area (Å²) in [5, 5.41) is 3.33. The Hall–Kier alpha value is -2.00. The second kappa shape index (κ2) is 7.44. The minimum absolute atomic E-state index is 0.641. The summed E-state index contributed by atoms with van der Waals surface area (Å²) in [5.41, 5.74) is 1.20. The Bertz CT molecular complexity index is 485. The number of rotatable bonds is 7. The van der Waals surface area contributed by atoms with E-state index in [9.17, 15) is 0 Å². The van der Waals surface area contributed by atoms with Crippen molar-refractivity contribution in [3.63, 3.8) is 0 Å². The van der Waals surface area contributed by atoms with Crippen molar-refractivity contribution in [3.05, 3.63) is 60.2 Å². The topological polar surface area (TPSA) is 30.5 Å². The molecule has 0 fully saturated rings. The van der Waals surface area contributed by atoms with Crippen molar-refractivity contribution in [2.45, 2.75) is 6.54 Å². The molecule has 0 aliphatic rings. The Balaban J connectivity index is 1.66. The van der Waals surface area contributed by atoms with Crippen LogP contribution >= 0.6 is 0 Å². The summed E-state index contributed by atoms with van der Waals surface area (Å²) >= 11 is 0. The molecule has 0 amide bonds. The first-order valence-corrected chi connectivity index (χ1v) is 6.31. The molecule has 2 rings (SSSR count). The summed E-state index contributed by atoms with van der Waals surface area (Å²) in [6.07, 6.45) is 0. The second-order valence-corrected chi connectivity index (χ2v) is 4.12. The third kappa shape index (κ3) is 4.64.